The van der Waals surface area contributed by atoms with E-state index >= 15 is 0 Å². The maximum atomic E-state index is 5.76. The third-order valence-electron chi connectivity index (χ3n) is 3.04. The average molecular weight is 228 g/mol. The van der Waals surface area contributed by atoms with Gasteiger partial charge in [-0.1, -0.05) is 0 Å². The molecule has 1 aliphatic rings. The molecule has 0 saturated carbocycles. The summed E-state index contributed by atoms with van der Waals surface area (Å²) in [4.78, 5) is 2.47. The van der Waals surface area contributed by atoms with Crippen molar-refractivity contribution in [1.82, 2.24) is 14.7 Å². The third-order valence-corrected chi connectivity index (χ3v) is 3.26. The number of likely N-dealkylation sites (tertiary alicyclic amines) is 1. The standard InChI is InChI=1S/C11H18ClN3/c1-14-6-4-11(13-14)9-15-7-3-10(8-15)2-5-12/h4,6,10H,2-3,5,7-9H2,1H3. The summed E-state index contributed by atoms with van der Waals surface area (Å²) in [5.74, 6) is 1.59. The van der Waals surface area contributed by atoms with Gasteiger partial charge in [0.1, 0.15) is 0 Å². The van der Waals surface area contributed by atoms with E-state index in [9.17, 15) is 0 Å². The number of hydrogen-bond donors (Lipinski definition) is 0. The summed E-state index contributed by atoms with van der Waals surface area (Å²) in [7, 11) is 1.96. The molecule has 0 radical (unpaired) electrons. The minimum atomic E-state index is 0.794. The lowest BCUT2D eigenvalue weighted by atomic mass is 10.1. The molecule has 1 aromatic rings. The fourth-order valence-corrected chi connectivity index (χ4v) is 2.53. The van der Waals surface area contributed by atoms with E-state index in [4.69, 9.17) is 11.6 Å². The zero-order valence-corrected chi connectivity index (χ0v) is 9.95. The molecule has 15 heavy (non-hydrogen) atoms. The molecule has 1 aliphatic heterocycles. The molecule has 0 amide bonds. The maximum Gasteiger partial charge on any atom is 0.0764 e. The normalized spacial score (nSPS) is 22.4. The van der Waals surface area contributed by atoms with Gasteiger partial charge in [0, 0.05) is 32.2 Å². The molecule has 1 saturated heterocycles. The molecule has 1 unspecified atom stereocenters. The molecule has 0 spiro atoms. The Kier molecular flexibility index (Phi) is 3.65. The van der Waals surface area contributed by atoms with E-state index in [2.05, 4.69) is 16.1 Å². The molecular weight excluding hydrogens is 210 g/mol. The van der Waals surface area contributed by atoms with Gasteiger partial charge in [-0.15, -0.1) is 11.6 Å². The predicted molar refractivity (Wildman–Crippen MR) is 61.9 cm³/mol. The van der Waals surface area contributed by atoms with Crippen LogP contribution in [0.1, 0.15) is 18.5 Å². The van der Waals surface area contributed by atoms with E-state index in [-0.39, 0.29) is 0 Å². The monoisotopic (exact) mass is 227 g/mol. The molecule has 3 nitrogen and oxygen atoms in total. The van der Waals surface area contributed by atoms with Crippen LogP contribution in [0, 0.1) is 5.92 Å². The largest absolute Gasteiger partial charge is 0.297 e. The Morgan fingerprint density at radius 1 is 1.60 bits per heavy atom. The Hall–Kier alpha value is -0.540. The highest BCUT2D eigenvalue weighted by atomic mass is 35.5. The molecule has 1 fully saturated rings. The SMILES string of the molecule is Cn1ccc(CN2CCC(CCCl)C2)n1. The van der Waals surface area contributed by atoms with Crippen LogP contribution in [0.5, 0.6) is 0 Å². The van der Waals surface area contributed by atoms with E-state index in [1.807, 2.05) is 17.9 Å². The number of alkyl halides is 1. The first-order chi connectivity index (χ1) is 7.28. The lowest BCUT2D eigenvalue weighted by Crippen LogP contribution is -2.20. The fourth-order valence-electron chi connectivity index (χ4n) is 2.22. The number of hydrogen-bond acceptors (Lipinski definition) is 2. The Morgan fingerprint density at radius 3 is 3.13 bits per heavy atom. The smallest absolute Gasteiger partial charge is 0.0764 e. The molecule has 1 atom stereocenters. The summed E-state index contributed by atoms with van der Waals surface area (Å²) in [6.45, 7) is 3.36. The molecule has 2 heterocycles. The van der Waals surface area contributed by atoms with Crippen LogP contribution in [-0.2, 0) is 13.6 Å². The maximum absolute atomic E-state index is 5.76. The summed E-state index contributed by atoms with van der Waals surface area (Å²) in [6.07, 6.45) is 4.45. The van der Waals surface area contributed by atoms with Crippen molar-refractivity contribution in [2.24, 2.45) is 13.0 Å². The first-order valence-corrected chi connectivity index (χ1v) is 6.08. The molecule has 0 bridgehead atoms. The van der Waals surface area contributed by atoms with Crippen molar-refractivity contribution in [3.8, 4) is 0 Å². The van der Waals surface area contributed by atoms with E-state index in [0.717, 1.165) is 24.8 Å². The Morgan fingerprint density at radius 2 is 2.47 bits per heavy atom. The summed E-state index contributed by atoms with van der Waals surface area (Å²) in [5, 5.41) is 4.39. The summed E-state index contributed by atoms with van der Waals surface area (Å²) < 4.78 is 1.86. The predicted octanol–water partition coefficient (Wildman–Crippen LogP) is 1.87. The second-order valence-corrected chi connectivity index (χ2v) is 4.73. The Bertz CT molecular complexity index is 311. The van der Waals surface area contributed by atoms with Gasteiger partial charge >= 0.3 is 0 Å². The second kappa shape index (κ2) is 4.99. The third kappa shape index (κ3) is 2.95. The molecular formula is C11H18ClN3. The molecule has 2 rings (SSSR count). The first-order valence-electron chi connectivity index (χ1n) is 5.55. The van der Waals surface area contributed by atoms with Crippen LogP contribution in [0.25, 0.3) is 0 Å². The number of nitrogens with zero attached hydrogens (tertiary/aromatic N) is 3. The summed E-state index contributed by atoms with van der Waals surface area (Å²) >= 11 is 5.76. The zero-order chi connectivity index (χ0) is 10.7. The minimum absolute atomic E-state index is 0.794. The van der Waals surface area contributed by atoms with Crippen LogP contribution in [-0.4, -0.2) is 33.6 Å². The van der Waals surface area contributed by atoms with Gasteiger partial charge in [-0.3, -0.25) is 9.58 Å². The first kappa shape index (κ1) is 11.0. The molecule has 0 aromatic carbocycles. The van der Waals surface area contributed by atoms with Crippen LogP contribution in [0.3, 0.4) is 0 Å². The highest BCUT2D eigenvalue weighted by molar-refractivity contribution is 6.17. The van der Waals surface area contributed by atoms with Crippen LogP contribution in [0.4, 0.5) is 0 Å². The number of halogens is 1. The van der Waals surface area contributed by atoms with Crippen molar-refractivity contribution < 1.29 is 0 Å². The summed E-state index contributed by atoms with van der Waals surface area (Å²) in [5.41, 5.74) is 1.17. The van der Waals surface area contributed by atoms with Gasteiger partial charge in [0.25, 0.3) is 0 Å². The van der Waals surface area contributed by atoms with Crippen molar-refractivity contribution in [3.63, 3.8) is 0 Å². The number of aryl methyl sites for hydroxylation is 1. The van der Waals surface area contributed by atoms with Gasteiger partial charge in [0.15, 0.2) is 0 Å². The molecule has 4 heteroatoms. The van der Waals surface area contributed by atoms with E-state index in [1.165, 1.54) is 25.2 Å². The van der Waals surface area contributed by atoms with E-state index in [1.54, 1.807) is 0 Å². The van der Waals surface area contributed by atoms with Crippen LogP contribution < -0.4 is 0 Å². The van der Waals surface area contributed by atoms with Crippen molar-refractivity contribution in [1.29, 1.82) is 0 Å². The highest BCUT2D eigenvalue weighted by Crippen LogP contribution is 2.21. The van der Waals surface area contributed by atoms with Gasteiger partial charge in [-0.2, -0.15) is 5.10 Å². The van der Waals surface area contributed by atoms with Crippen molar-refractivity contribution >= 4 is 11.6 Å². The van der Waals surface area contributed by atoms with E-state index in [0.29, 0.717) is 0 Å². The molecule has 0 N–H and O–H groups in total. The molecule has 1 aromatic heterocycles. The highest BCUT2D eigenvalue weighted by Gasteiger charge is 2.22. The Labute approximate surface area is 96.0 Å². The minimum Gasteiger partial charge on any atom is -0.297 e. The second-order valence-electron chi connectivity index (χ2n) is 4.35. The lowest BCUT2D eigenvalue weighted by Gasteiger charge is -2.13. The van der Waals surface area contributed by atoms with Crippen molar-refractivity contribution in [2.75, 3.05) is 19.0 Å². The fraction of sp³-hybridized carbons (Fsp3) is 0.727. The van der Waals surface area contributed by atoms with Crippen molar-refractivity contribution in [3.05, 3.63) is 18.0 Å². The number of rotatable bonds is 4. The topological polar surface area (TPSA) is 21.1 Å². The van der Waals surface area contributed by atoms with Gasteiger partial charge < -0.3 is 0 Å². The average Bonchev–Trinajstić information content (AvgIpc) is 2.78. The van der Waals surface area contributed by atoms with Crippen LogP contribution in [0.15, 0.2) is 12.3 Å². The zero-order valence-electron chi connectivity index (χ0n) is 9.19. The lowest BCUT2D eigenvalue weighted by molar-refractivity contribution is 0.310. The van der Waals surface area contributed by atoms with Gasteiger partial charge in [-0.25, -0.2) is 0 Å². The quantitative estimate of drug-likeness (QED) is 0.733. The van der Waals surface area contributed by atoms with E-state index < -0.39 is 0 Å². The molecule has 0 aliphatic carbocycles. The van der Waals surface area contributed by atoms with Crippen LogP contribution in [0.2, 0.25) is 0 Å². The Balaban J connectivity index is 1.82. The van der Waals surface area contributed by atoms with Gasteiger partial charge in [-0.05, 0) is 31.4 Å². The van der Waals surface area contributed by atoms with Gasteiger partial charge in [0.05, 0.1) is 5.69 Å². The molecule has 84 valence electrons. The number of aromatic nitrogens is 2. The summed E-state index contributed by atoms with van der Waals surface area (Å²) in [6, 6.07) is 2.09. The van der Waals surface area contributed by atoms with Gasteiger partial charge in [0.2, 0.25) is 0 Å². The van der Waals surface area contributed by atoms with Crippen LogP contribution >= 0.6 is 11.6 Å². The van der Waals surface area contributed by atoms with Crippen molar-refractivity contribution in [2.45, 2.75) is 19.4 Å².